The van der Waals surface area contributed by atoms with Crippen LogP contribution < -0.4 is 16.2 Å². The molecule has 1 aliphatic rings. The Morgan fingerprint density at radius 1 is 1.37 bits per heavy atom. The van der Waals surface area contributed by atoms with Gasteiger partial charge in [0.05, 0.1) is 33.9 Å². The lowest BCUT2D eigenvalue weighted by Gasteiger charge is -2.20. The third-order valence-corrected chi connectivity index (χ3v) is 5.63. The molecule has 1 unspecified atom stereocenters. The van der Waals surface area contributed by atoms with E-state index in [9.17, 15) is 9.65 Å². The molecule has 150 valence electrons. The number of halogens is 1. The number of fused-ring (bicyclic) bond motifs is 5. The number of aromatic nitrogens is 2. The minimum absolute atomic E-state index is 0.175. The van der Waals surface area contributed by atoms with E-state index in [-0.39, 0.29) is 23.8 Å². The number of pyridine rings is 1. The summed E-state index contributed by atoms with van der Waals surface area (Å²) in [5.41, 5.74) is 16.6. The highest BCUT2D eigenvalue weighted by molar-refractivity contribution is 7.13. The molecule has 0 saturated carbocycles. The number of aliphatic imine (C=N–C) groups is 1. The molecule has 0 fully saturated rings. The Morgan fingerprint density at radius 3 is 2.97 bits per heavy atom. The normalized spacial score (nSPS) is 16.1. The predicted molar refractivity (Wildman–Crippen MR) is 113 cm³/mol. The fourth-order valence-electron chi connectivity index (χ4n) is 3.27. The van der Waals surface area contributed by atoms with Crippen LogP contribution >= 0.6 is 11.3 Å². The van der Waals surface area contributed by atoms with Gasteiger partial charge in [-0.3, -0.25) is 4.99 Å². The van der Waals surface area contributed by atoms with Crippen LogP contribution in [0.25, 0.3) is 10.4 Å². The van der Waals surface area contributed by atoms with Gasteiger partial charge in [0.1, 0.15) is 18.0 Å². The Kier molecular flexibility index (Phi) is 5.16. The van der Waals surface area contributed by atoms with Crippen molar-refractivity contribution in [2.24, 2.45) is 10.7 Å². The number of nitriles is 1. The summed E-state index contributed by atoms with van der Waals surface area (Å²) in [4.78, 5) is 14.1. The summed E-state index contributed by atoms with van der Waals surface area (Å²) in [6, 6.07) is 8.26. The molecule has 9 heteroatoms. The number of rotatable bonds is 1. The Hall–Kier alpha value is -3.77. The lowest BCUT2D eigenvalue weighted by atomic mass is 10.00. The first kappa shape index (κ1) is 19.5. The molecule has 0 aliphatic carbocycles. The van der Waals surface area contributed by atoms with Crippen molar-refractivity contribution >= 4 is 22.9 Å². The molecule has 0 spiro atoms. The van der Waals surface area contributed by atoms with Crippen molar-refractivity contribution in [3.05, 3.63) is 70.4 Å². The van der Waals surface area contributed by atoms with Crippen molar-refractivity contribution in [2.45, 2.75) is 19.6 Å². The molecule has 2 bridgehead atoms. The van der Waals surface area contributed by atoms with E-state index in [1.165, 1.54) is 35.9 Å². The van der Waals surface area contributed by atoms with Gasteiger partial charge in [0.2, 0.25) is 0 Å². The van der Waals surface area contributed by atoms with Gasteiger partial charge in [-0.05, 0) is 25.1 Å². The molecular weight excluding hydrogens is 403 g/mol. The van der Waals surface area contributed by atoms with Crippen LogP contribution in [0.15, 0.2) is 52.7 Å². The summed E-state index contributed by atoms with van der Waals surface area (Å²) in [6.07, 6.45) is 2.18. The minimum atomic E-state index is -0.523. The first-order valence-corrected chi connectivity index (χ1v) is 9.91. The van der Waals surface area contributed by atoms with Crippen molar-refractivity contribution in [1.29, 1.82) is 5.26 Å². The molecule has 0 radical (unpaired) electrons. The first-order chi connectivity index (χ1) is 14.5. The fraction of sp³-hybridized carbons (Fsp3) is 0.143. The zero-order valence-electron chi connectivity index (χ0n) is 16.0. The molecule has 4 N–H and O–H groups in total. The van der Waals surface area contributed by atoms with Crippen molar-refractivity contribution in [3.8, 4) is 22.3 Å². The molecule has 4 rings (SSSR count). The lowest BCUT2D eigenvalue weighted by Crippen LogP contribution is -2.12. The van der Waals surface area contributed by atoms with Crippen molar-refractivity contribution in [1.82, 2.24) is 9.97 Å². The van der Waals surface area contributed by atoms with Crippen LogP contribution in [-0.4, -0.2) is 15.7 Å². The Morgan fingerprint density at radius 2 is 2.20 bits per heavy atom. The summed E-state index contributed by atoms with van der Waals surface area (Å²) in [5.74, 6) is 0.116. The minimum Gasteiger partial charge on any atom is -0.482 e. The average Bonchev–Trinajstić information content (AvgIpc) is 3.20. The van der Waals surface area contributed by atoms with Crippen LogP contribution in [0.3, 0.4) is 0 Å². The standard InChI is InChI=1S/C21H17FN6OS/c1-11-16-5-14(22)2-3-15(16)20-17(28-10-30-20)9-26-19(13(6-23)7-24)12-4-18(29-11)21(25)27-8-12/h2-6,8,10-11H,9,23H2,1H3,(H2,25,27). The molecule has 0 saturated heterocycles. The van der Waals surface area contributed by atoms with Gasteiger partial charge in [-0.15, -0.1) is 11.3 Å². The zero-order valence-corrected chi connectivity index (χ0v) is 16.8. The number of benzene rings is 1. The molecule has 30 heavy (non-hydrogen) atoms. The highest BCUT2D eigenvalue weighted by Crippen LogP contribution is 2.37. The number of hydrogen-bond acceptors (Lipinski definition) is 8. The molecule has 3 aromatic rings. The van der Waals surface area contributed by atoms with E-state index in [1.54, 1.807) is 17.6 Å². The van der Waals surface area contributed by atoms with Gasteiger partial charge < -0.3 is 16.2 Å². The summed E-state index contributed by atoms with van der Waals surface area (Å²) < 4.78 is 20.1. The molecule has 7 nitrogen and oxygen atoms in total. The maximum atomic E-state index is 14.1. The van der Waals surface area contributed by atoms with E-state index in [2.05, 4.69) is 21.0 Å². The van der Waals surface area contributed by atoms with E-state index >= 15 is 0 Å². The van der Waals surface area contributed by atoms with Crippen molar-refractivity contribution in [3.63, 3.8) is 0 Å². The molecule has 1 atom stereocenters. The third kappa shape index (κ3) is 3.49. The Balaban J connectivity index is 1.98. The SMILES string of the molecule is CC1Oc2cc(cnc2N)C(C(C#N)=CN)=NCc2ncsc2-c2ccc(F)cc21. The summed E-state index contributed by atoms with van der Waals surface area (Å²) >= 11 is 1.43. The van der Waals surface area contributed by atoms with E-state index in [1.807, 2.05) is 6.92 Å². The second kappa shape index (κ2) is 7.93. The number of nitrogens with two attached hydrogens (primary N) is 2. The fourth-order valence-corrected chi connectivity index (χ4v) is 4.12. The average molecular weight is 420 g/mol. The van der Waals surface area contributed by atoms with Gasteiger partial charge >= 0.3 is 0 Å². The molecule has 3 heterocycles. The summed E-state index contributed by atoms with van der Waals surface area (Å²) in [6.45, 7) is 2.02. The smallest absolute Gasteiger partial charge is 0.166 e. The second-order valence-corrected chi connectivity index (χ2v) is 7.44. The number of nitrogens with zero attached hydrogens (tertiary/aromatic N) is 4. The number of allylic oxidation sites excluding steroid dienone is 1. The first-order valence-electron chi connectivity index (χ1n) is 9.03. The van der Waals surface area contributed by atoms with Gasteiger partial charge in [0.25, 0.3) is 0 Å². The molecule has 0 amide bonds. The topological polar surface area (TPSA) is 123 Å². The largest absolute Gasteiger partial charge is 0.482 e. The number of thiazole rings is 1. The second-order valence-electron chi connectivity index (χ2n) is 6.58. The number of ether oxygens (including phenoxy) is 1. The third-order valence-electron chi connectivity index (χ3n) is 4.73. The lowest BCUT2D eigenvalue weighted by molar-refractivity contribution is 0.227. The highest BCUT2D eigenvalue weighted by atomic mass is 32.1. The molecular formula is C21H17FN6OS. The monoisotopic (exact) mass is 420 g/mol. The molecule has 1 aromatic carbocycles. The van der Waals surface area contributed by atoms with Gasteiger partial charge in [-0.2, -0.15) is 5.26 Å². The Labute approximate surface area is 176 Å². The quantitative estimate of drug-likeness (QED) is 0.578. The molecule has 2 aromatic heterocycles. The number of hydrogen-bond donors (Lipinski definition) is 2. The van der Waals surface area contributed by atoms with Crippen molar-refractivity contribution in [2.75, 3.05) is 5.73 Å². The van der Waals surface area contributed by atoms with Crippen LogP contribution in [-0.2, 0) is 6.54 Å². The van der Waals surface area contributed by atoms with Crippen LogP contribution in [0.1, 0.15) is 29.8 Å². The highest BCUT2D eigenvalue weighted by Gasteiger charge is 2.22. The summed E-state index contributed by atoms with van der Waals surface area (Å²) in [7, 11) is 0. The van der Waals surface area contributed by atoms with Crippen LogP contribution in [0.5, 0.6) is 5.75 Å². The van der Waals surface area contributed by atoms with Gasteiger partial charge in [-0.1, -0.05) is 6.07 Å². The van der Waals surface area contributed by atoms with Crippen LogP contribution in [0, 0.1) is 17.1 Å². The zero-order chi connectivity index (χ0) is 21.3. The Bertz CT molecular complexity index is 1230. The van der Waals surface area contributed by atoms with Gasteiger partial charge in [-0.25, -0.2) is 14.4 Å². The van der Waals surface area contributed by atoms with Gasteiger partial charge in [0, 0.05) is 29.1 Å². The van der Waals surface area contributed by atoms with E-state index in [0.29, 0.717) is 28.3 Å². The maximum Gasteiger partial charge on any atom is 0.166 e. The molecule has 1 aliphatic heterocycles. The van der Waals surface area contributed by atoms with Crippen molar-refractivity contribution < 1.29 is 9.13 Å². The number of nitrogen functional groups attached to an aromatic ring is 1. The predicted octanol–water partition coefficient (Wildman–Crippen LogP) is 3.74. The van der Waals surface area contributed by atoms with Crippen LogP contribution in [0.4, 0.5) is 10.2 Å². The van der Waals surface area contributed by atoms with Gasteiger partial charge in [0.15, 0.2) is 11.6 Å². The van der Waals surface area contributed by atoms with E-state index in [0.717, 1.165) is 10.4 Å². The maximum absolute atomic E-state index is 14.1. The van der Waals surface area contributed by atoms with Crippen LogP contribution in [0.2, 0.25) is 0 Å². The summed E-state index contributed by atoms with van der Waals surface area (Å²) in [5, 5.41) is 9.50. The number of anilines is 1. The van der Waals surface area contributed by atoms with E-state index < -0.39 is 6.10 Å². The van der Waals surface area contributed by atoms with E-state index in [4.69, 9.17) is 16.2 Å².